The van der Waals surface area contributed by atoms with Crippen molar-refractivity contribution < 1.29 is 8.42 Å². The van der Waals surface area contributed by atoms with Crippen molar-refractivity contribution in [1.82, 2.24) is 18.2 Å². The first-order valence-corrected chi connectivity index (χ1v) is 10.1. The molecule has 0 aromatic carbocycles. The SMILES string of the molecule is CS(=O)(=O)N1CCCCC1CCn1ccnc1-c1cnsc1. The summed E-state index contributed by atoms with van der Waals surface area (Å²) in [4.78, 5) is 4.39. The van der Waals surface area contributed by atoms with Crippen molar-refractivity contribution in [1.29, 1.82) is 0 Å². The first-order valence-electron chi connectivity index (χ1n) is 7.43. The Hall–Kier alpha value is -1.25. The van der Waals surface area contributed by atoms with Crippen LogP contribution < -0.4 is 0 Å². The number of hydrogen-bond acceptors (Lipinski definition) is 5. The second-order valence-corrected chi connectivity index (χ2v) is 8.26. The zero-order valence-corrected chi connectivity index (χ0v) is 14.2. The monoisotopic (exact) mass is 340 g/mol. The lowest BCUT2D eigenvalue weighted by atomic mass is 10.0. The van der Waals surface area contributed by atoms with Gasteiger partial charge in [0.05, 0.1) is 12.5 Å². The van der Waals surface area contributed by atoms with E-state index in [4.69, 9.17) is 0 Å². The van der Waals surface area contributed by atoms with Gasteiger partial charge in [0.25, 0.3) is 0 Å². The van der Waals surface area contributed by atoms with Crippen LogP contribution in [0.15, 0.2) is 24.0 Å². The Balaban J connectivity index is 1.71. The first kappa shape index (κ1) is 15.6. The van der Waals surface area contributed by atoms with Crippen LogP contribution in [0.4, 0.5) is 0 Å². The maximum atomic E-state index is 11.9. The van der Waals surface area contributed by atoms with Crippen LogP contribution in [-0.4, -0.2) is 45.5 Å². The molecule has 2 aromatic heterocycles. The number of piperidine rings is 1. The predicted octanol–water partition coefficient (Wildman–Crippen LogP) is 2.21. The largest absolute Gasteiger partial charge is 0.331 e. The van der Waals surface area contributed by atoms with Crippen molar-refractivity contribution in [3.8, 4) is 11.4 Å². The standard InChI is InChI=1S/C14H20N4O2S2/c1-22(19,20)18-7-3-2-4-13(18)5-8-17-9-6-15-14(17)12-10-16-21-11-12/h6,9-11,13H,2-5,7-8H2,1H3. The van der Waals surface area contributed by atoms with E-state index in [1.165, 1.54) is 17.8 Å². The number of imidazole rings is 1. The van der Waals surface area contributed by atoms with Gasteiger partial charge >= 0.3 is 0 Å². The maximum absolute atomic E-state index is 11.9. The zero-order valence-electron chi connectivity index (χ0n) is 12.6. The highest BCUT2D eigenvalue weighted by molar-refractivity contribution is 7.88. The van der Waals surface area contributed by atoms with Crippen molar-refractivity contribution in [3.05, 3.63) is 24.0 Å². The number of aromatic nitrogens is 3. The third-order valence-corrected chi connectivity index (χ3v) is 6.03. The van der Waals surface area contributed by atoms with Gasteiger partial charge in [0.1, 0.15) is 5.82 Å². The molecule has 22 heavy (non-hydrogen) atoms. The van der Waals surface area contributed by atoms with Gasteiger partial charge in [0.15, 0.2) is 0 Å². The molecule has 6 nitrogen and oxygen atoms in total. The lowest BCUT2D eigenvalue weighted by molar-refractivity contribution is 0.235. The van der Waals surface area contributed by atoms with E-state index in [2.05, 4.69) is 13.9 Å². The fraction of sp³-hybridized carbons (Fsp3) is 0.571. The van der Waals surface area contributed by atoms with E-state index in [1.807, 2.05) is 17.8 Å². The molecule has 2 aromatic rings. The van der Waals surface area contributed by atoms with Gasteiger partial charge in [-0.05, 0) is 30.8 Å². The summed E-state index contributed by atoms with van der Waals surface area (Å²) in [7, 11) is -3.12. The van der Waals surface area contributed by atoms with E-state index < -0.39 is 10.0 Å². The van der Waals surface area contributed by atoms with Crippen LogP contribution >= 0.6 is 11.5 Å². The summed E-state index contributed by atoms with van der Waals surface area (Å²) >= 11 is 1.41. The Labute approximate surface area is 135 Å². The summed E-state index contributed by atoms with van der Waals surface area (Å²) < 4.78 is 31.7. The Morgan fingerprint density at radius 2 is 2.27 bits per heavy atom. The summed E-state index contributed by atoms with van der Waals surface area (Å²) in [6.07, 6.45) is 10.7. The molecule has 3 rings (SSSR count). The van der Waals surface area contributed by atoms with Gasteiger partial charge in [-0.25, -0.2) is 17.8 Å². The van der Waals surface area contributed by atoms with Gasteiger partial charge < -0.3 is 4.57 Å². The van der Waals surface area contributed by atoms with Gasteiger partial charge in [-0.2, -0.15) is 4.31 Å². The minimum Gasteiger partial charge on any atom is -0.331 e. The molecule has 0 amide bonds. The quantitative estimate of drug-likeness (QED) is 0.837. The summed E-state index contributed by atoms with van der Waals surface area (Å²) in [5.74, 6) is 0.899. The van der Waals surface area contributed by atoms with E-state index in [9.17, 15) is 8.42 Å². The summed E-state index contributed by atoms with van der Waals surface area (Å²) in [5.41, 5.74) is 1.01. The molecule has 1 aliphatic rings. The van der Waals surface area contributed by atoms with E-state index in [-0.39, 0.29) is 6.04 Å². The molecule has 1 saturated heterocycles. The Bertz CT molecular complexity index is 709. The van der Waals surface area contributed by atoms with E-state index in [0.29, 0.717) is 6.54 Å². The van der Waals surface area contributed by atoms with E-state index in [0.717, 1.165) is 43.6 Å². The lowest BCUT2D eigenvalue weighted by Crippen LogP contribution is -2.43. The Morgan fingerprint density at radius 3 is 3.00 bits per heavy atom. The summed E-state index contributed by atoms with van der Waals surface area (Å²) in [6.45, 7) is 1.41. The van der Waals surface area contributed by atoms with Gasteiger partial charge in [-0.1, -0.05) is 6.42 Å². The highest BCUT2D eigenvalue weighted by Gasteiger charge is 2.29. The average molecular weight is 340 g/mol. The number of rotatable bonds is 5. The molecule has 0 saturated carbocycles. The number of sulfonamides is 1. The maximum Gasteiger partial charge on any atom is 0.211 e. The molecule has 3 heterocycles. The van der Waals surface area contributed by atoms with Gasteiger partial charge in [-0.15, -0.1) is 0 Å². The molecule has 0 N–H and O–H groups in total. The third kappa shape index (κ3) is 3.39. The molecular formula is C14H20N4O2S2. The molecule has 1 aliphatic heterocycles. The summed E-state index contributed by atoms with van der Waals surface area (Å²) in [5, 5.41) is 1.97. The van der Waals surface area contributed by atoms with Gasteiger partial charge in [-0.3, -0.25) is 0 Å². The molecule has 1 atom stereocenters. The minimum atomic E-state index is -3.12. The smallest absolute Gasteiger partial charge is 0.211 e. The zero-order chi connectivity index (χ0) is 15.6. The molecule has 120 valence electrons. The fourth-order valence-electron chi connectivity index (χ4n) is 3.05. The number of hydrogen-bond donors (Lipinski definition) is 0. The van der Waals surface area contributed by atoms with Crippen molar-refractivity contribution in [2.24, 2.45) is 0 Å². The molecule has 0 bridgehead atoms. The second kappa shape index (κ2) is 6.47. The third-order valence-electron chi connectivity index (χ3n) is 4.11. The van der Waals surface area contributed by atoms with Crippen LogP contribution in [0.1, 0.15) is 25.7 Å². The van der Waals surface area contributed by atoms with Crippen molar-refractivity contribution in [2.75, 3.05) is 12.8 Å². The Morgan fingerprint density at radius 1 is 1.41 bits per heavy atom. The first-order chi connectivity index (χ1) is 10.6. The highest BCUT2D eigenvalue weighted by Crippen LogP contribution is 2.24. The van der Waals surface area contributed by atoms with E-state index in [1.54, 1.807) is 10.5 Å². The predicted molar refractivity (Wildman–Crippen MR) is 87.1 cm³/mol. The van der Waals surface area contributed by atoms with Crippen molar-refractivity contribution in [3.63, 3.8) is 0 Å². The van der Waals surface area contributed by atoms with Crippen LogP contribution in [0.5, 0.6) is 0 Å². The molecule has 1 unspecified atom stereocenters. The fourth-order valence-corrected chi connectivity index (χ4v) is 4.78. The highest BCUT2D eigenvalue weighted by atomic mass is 32.2. The number of nitrogens with zero attached hydrogens (tertiary/aromatic N) is 4. The van der Waals surface area contributed by atoms with Crippen LogP contribution in [-0.2, 0) is 16.6 Å². The molecule has 8 heteroatoms. The van der Waals surface area contributed by atoms with Crippen molar-refractivity contribution >= 4 is 21.6 Å². The van der Waals surface area contributed by atoms with Crippen LogP contribution in [0, 0.1) is 0 Å². The van der Waals surface area contributed by atoms with Crippen molar-refractivity contribution in [2.45, 2.75) is 38.3 Å². The lowest BCUT2D eigenvalue weighted by Gasteiger charge is -2.33. The van der Waals surface area contributed by atoms with E-state index >= 15 is 0 Å². The number of aryl methyl sites for hydroxylation is 1. The second-order valence-electron chi connectivity index (χ2n) is 5.67. The van der Waals surface area contributed by atoms with Crippen LogP contribution in [0.2, 0.25) is 0 Å². The van der Waals surface area contributed by atoms with Crippen LogP contribution in [0.3, 0.4) is 0 Å². The minimum absolute atomic E-state index is 0.0969. The van der Waals surface area contributed by atoms with Crippen LogP contribution in [0.25, 0.3) is 11.4 Å². The topological polar surface area (TPSA) is 68.1 Å². The molecule has 0 radical (unpaired) electrons. The molecular weight excluding hydrogens is 320 g/mol. The molecule has 0 spiro atoms. The normalized spacial score (nSPS) is 20.3. The molecule has 1 fully saturated rings. The van der Waals surface area contributed by atoms with Gasteiger partial charge in [0, 0.05) is 42.5 Å². The summed E-state index contributed by atoms with van der Waals surface area (Å²) in [6, 6.07) is 0.0969. The molecule has 0 aliphatic carbocycles. The van der Waals surface area contributed by atoms with Gasteiger partial charge in [0.2, 0.25) is 10.0 Å². The average Bonchev–Trinajstić information content (AvgIpc) is 3.15. The Kier molecular flexibility index (Phi) is 4.60.